The number of carbonyl (C=O) groups excluding carboxylic acids is 4. The van der Waals surface area contributed by atoms with E-state index in [4.69, 9.17) is 14.4 Å². The summed E-state index contributed by atoms with van der Waals surface area (Å²) in [6.07, 6.45) is 1.99. The largest absolute Gasteiger partial charge is 0.569 e. The number of allylic oxidation sites excluding steroid dienone is 1. The highest BCUT2D eigenvalue weighted by Crippen LogP contribution is 2.36. The maximum Gasteiger partial charge on any atom is 0.569 e. The van der Waals surface area contributed by atoms with Crippen molar-refractivity contribution in [2.24, 2.45) is 0 Å². The average molecular weight is 769 g/mol. The van der Waals surface area contributed by atoms with Crippen molar-refractivity contribution in [3.05, 3.63) is 125 Å². The van der Waals surface area contributed by atoms with Crippen molar-refractivity contribution < 1.29 is 33.6 Å². The smallest absolute Gasteiger partial charge is 0.537 e. The molecule has 0 aliphatic carbocycles. The number of rotatable bonds is 16. The van der Waals surface area contributed by atoms with Gasteiger partial charge in [-0.25, -0.2) is 0 Å². The van der Waals surface area contributed by atoms with E-state index in [1.54, 1.807) is 18.2 Å². The van der Waals surface area contributed by atoms with Crippen LogP contribution in [0.4, 0.5) is 5.69 Å². The Bertz CT molecular complexity index is 2100. The first-order valence-corrected chi connectivity index (χ1v) is 19.6. The number of hydrogen-bond donors (Lipinski definition) is 3. The molecule has 12 nitrogen and oxygen atoms in total. The lowest BCUT2D eigenvalue weighted by atomic mass is 9.88. The molecule has 57 heavy (non-hydrogen) atoms. The van der Waals surface area contributed by atoms with E-state index in [0.717, 1.165) is 85.1 Å². The standard InChI is InChI=1S/C44H47BN5O7/c1-2-36(30-7-4-3-5-8-30)41(32-11-16-35(17-12-32)57-45-55)31-9-14-34(15-10-31)56-28-27-49-25-23-48(24-26-49)22-6-21-46-33-13-18-37-38(29-33)44(54)50(43(37)53)39-19-20-40(51)47-42(39)52/h3-5,7-18,29,39,46,55H,2,6,19-28H2,1H3,(H,47,51,52)/b41-36+. The minimum absolute atomic E-state index is 0.0905. The Labute approximate surface area is 333 Å². The molecule has 4 amide bonds. The first kappa shape index (κ1) is 39.5. The van der Waals surface area contributed by atoms with E-state index in [1.165, 1.54) is 11.1 Å². The molecule has 0 aromatic heterocycles. The summed E-state index contributed by atoms with van der Waals surface area (Å²) in [5.41, 5.74) is 6.99. The van der Waals surface area contributed by atoms with Gasteiger partial charge in [0.05, 0.1) is 11.1 Å². The molecule has 1 radical (unpaired) electrons. The third kappa shape index (κ3) is 9.28. The topological polar surface area (TPSA) is 141 Å². The van der Waals surface area contributed by atoms with Gasteiger partial charge in [0.2, 0.25) is 11.8 Å². The summed E-state index contributed by atoms with van der Waals surface area (Å²) in [5.74, 6) is -0.622. The van der Waals surface area contributed by atoms with Crippen molar-refractivity contribution in [2.45, 2.75) is 38.6 Å². The van der Waals surface area contributed by atoms with E-state index in [9.17, 15) is 19.2 Å². The van der Waals surface area contributed by atoms with Gasteiger partial charge in [-0.05, 0) is 96.1 Å². The van der Waals surface area contributed by atoms with Gasteiger partial charge >= 0.3 is 7.69 Å². The normalized spacial score (nSPS) is 17.9. The van der Waals surface area contributed by atoms with Crippen LogP contribution in [-0.4, -0.2) is 109 Å². The molecule has 0 bridgehead atoms. The quantitative estimate of drug-likeness (QED) is 0.0627. The van der Waals surface area contributed by atoms with Crippen LogP contribution < -0.4 is 20.0 Å². The van der Waals surface area contributed by atoms with Gasteiger partial charge in [-0.15, -0.1) is 0 Å². The van der Waals surface area contributed by atoms with E-state index >= 15 is 0 Å². The molecule has 2 fully saturated rings. The van der Waals surface area contributed by atoms with Gasteiger partial charge in [0, 0.05) is 51.4 Å². The van der Waals surface area contributed by atoms with Crippen LogP contribution in [0.5, 0.6) is 11.5 Å². The summed E-state index contributed by atoms with van der Waals surface area (Å²) < 4.78 is 11.3. The van der Waals surface area contributed by atoms with Crippen LogP contribution in [-0.2, 0) is 9.59 Å². The van der Waals surface area contributed by atoms with E-state index in [0.29, 0.717) is 26.6 Å². The molecule has 3 aliphatic rings. The fourth-order valence-corrected chi connectivity index (χ4v) is 7.80. The zero-order chi connectivity index (χ0) is 39.7. The number of imide groups is 2. The van der Waals surface area contributed by atoms with Crippen LogP contribution in [0.1, 0.15) is 70.0 Å². The number of hydrogen-bond acceptors (Lipinski definition) is 10. The van der Waals surface area contributed by atoms with Crippen LogP contribution >= 0.6 is 0 Å². The number of carbonyl (C=O) groups is 4. The average Bonchev–Trinajstić information content (AvgIpc) is 3.48. The minimum Gasteiger partial charge on any atom is -0.537 e. The Kier molecular flexibility index (Phi) is 12.8. The Morgan fingerprint density at radius 1 is 0.789 bits per heavy atom. The van der Waals surface area contributed by atoms with Crippen molar-refractivity contribution in [3.63, 3.8) is 0 Å². The van der Waals surface area contributed by atoms with Crippen molar-refractivity contribution in [1.29, 1.82) is 0 Å². The van der Waals surface area contributed by atoms with Crippen molar-refractivity contribution in [2.75, 3.05) is 57.7 Å². The first-order chi connectivity index (χ1) is 27.8. The second-order valence-corrected chi connectivity index (χ2v) is 14.4. The number of piperazine rings is 1. The maximum absolute atomic E-state index is 13.1. The highest BCUT2D eigenvalue weighted by atomic mass is 16.5. The van der Waals surface area contributed by atoms with Crippen molar-refractivity contribution >= 4 is 48.1 Å². The van der Waals surface area contributed by atoms with Gasteiger partial charge in [0.25, 0.3) is 11.8 Å². The fourth-order valence-electron chi connectivity index (χ4n) is 7.80. The summed E-state index contributed by atoms with van der Waals surface area (Å²) >= 11 is 0. The van der Waals surface area contributed by atoms with Crippen molar-refractivity contribution in [1.82, 2.24) is 20.0 Å². The fraction of sp³-hybridized carbons (Fsp3) is 0.318. The summed E-state index contributed by atoms with van der Waals surface area (Å²) in [4.78, 5) is 55.9. The van der Waals surface area contributed by atoms with Gasteiger partial charge < -0.3 is 24.6 Å². The minimum atomic E-state index is -0.973. The zero-order valence-corrected chi connectivity index (χ0v) is 32.1. The second kappa shape index (κ2) is 18.5. The Hall–Kier alpha value is -5.76. The van der Waals surface area contributed by atoms with Crippen molar-refractivity contribution in [3.8, 4) is 11.5 Å². The Morgan fingerprint density at radius 3 is 2.09 bits per heavy atom. The van der Waals surface area contributed by atoms with Gasteiger partial charge in [-0.2, -0.15) is 0 Å². The first-order valence-electron chi connectivity index (χ1n) is 19.6. The summed E-state index contributed by atoms with van der Waals surface area (Å²) in [6, 6.07) is 30.6. The molecule has 1 unspecified atom stereocenters. The molecule has 293 valence electrons. The third-order valence-electron chi connectivity index (χ3n) is 10.8. The maximum atomic E-state index is 13.1. The third-order valence-corrected chi connectivity index (χ3v) is 10.8. The van der Waals surface area contributed by atoms with Gasteiger partial charge in [0.15, 0.2) is 0 Å². The molecule has 4 aromatic rings. The molecule has 2 saturated heterocycles. The lowest BCUT2D eigenvalue weighted by molar-refractivity contribution is -0.136. The second-order valence-electron chi connectivity index (χ2n) is 14.4. The molecular formula is C44H47BN5O7. The molecule has 7 rings (SSSR count). The van der Waals surface area contributed by atoms with Gasteiger partial charge in [0.1, 0.15) is 24.1 Å². The number of amides is 4. The zero-order valence-electron chi connectivity index (χ0n) is 32.1. The molecule has 3 aliphatic heterocycles. The molecule has 0 spiro atoms. The highest BCUT2D eigenvalue weighted by Gasteiger charge is 2.44. The predicted octanol–water partition coefficient (Wildman–Crippen LogP) is 4.86. The number of nitrogens with one attached hydrogen (secondary N) is 2. The van der Waals surface area contributed by atoms with Crippen LogP contribution in [0.25, 0.3) is 11.1 Å². The predicted molar refractivity (Wildman–Crippen MR) is 219 cm³/mol. The molecule has 3 heterocycles. The lowest BCUT2D eigenvalue weighted by Crippen LogP contribution is -2.54. The Morgan fingerprint density at radius 2 is 1.44 bits per heavy atom. The van der Waals surface area contributed by atoms with E-state index in [-0.39, 0.29) is 24.0 Å². The number of anilines is 1. The molecule has 0 saturated carbocycles. The molecule has 13 heteroatoms. The van der Waals surface area contributed by atoms with E-state index in [2.05, 4.69) is 63.8 Å². The number of fused-ring (bicyclic) bond motifs is 1. The summed E-state index contributed by atoms with van der Waals surface area (Å²) in [7, 11) is 0.688. The van der Waals surface area contributed by atoms with E-state index in [1.807, 2.05) is 42.5 Å². The monoisotopic (exact) mass is 768 g/mol. The van der Waals surface area contributed by atoms with Gasteiger partial charge in [-0.1, -0.05) is 61.5 Å². The van der Waals surface area contributed by atoms with E-state index < -0.39 is 29.7 Å². The number of piperidine rings is 1. The van der Waals surface area contributed by atoms with Crippen LogP contribution in [0.15, 0.2) is 97.1 Å². The molecule has 4 aromatic carbocycles. The molecular weight excluding hydrogens is 721 g/mol. The number of ether oxygens (including phenoxy) is 1. The molecule has 1 atom stereocenters. The van der Waals surface area contributed by atoms with Crippen LogP contribution in [0.2, 0.25) is 0 Å². The van der Waals surface area contributed by atoms with Gasteiger partial charge in [-0.3, -0.25) is 34.3 Å². The summed E-state index contributed by atoms with van der Waals surface area (Å²) in [5, 5.41) is 14.7. The summed E-state index contributed by atoms with van der Waals surface area (Å²) in [6.45, 7) is 9.14. The molecule has 3 N–H and O–H groups in total. The van der Waals surface area contributed by atoms with Crippen LogP contribution in [0.3, 0.4) is 0 Å². The van der Waals surface area contributed by atoms with Crippen LogP contribution in [0, 0.1) is 0 Å². The number of nitrogens with zero attached hydrogens (tertiary/aromatic N) is 3. The Balaban J connectivity index is 0.851. The lowest BCUT2D eigenvalue weighted by Gasteiger charge is -2.34. The number of benzene rings is 4. The SMILES string of the molecule is CC/C(=C(\c1ccc(O[B]O)cc1)c1ccc(OCCN2CCN(CCCNc3ccc4c(c3)C(=O)N(C3CCC(=O)NC3=O)C4=O)CC2)cc1)c1ccccc1. The highest BCUT2D eigenvalue weighted by molar-refractivity contribution is 6.23.